The standard InChI is InChI=1S/C35H31F3N6O3S/c1-6-29(45)44-18(2)15-43-27(19(44)3)14-26(41-43)34-32(30-23(37)12-22(36)13-28(30)47-10-9-46-5)31-24(38)17-48-35(31)33(39-34)20-7-8-21-16-42(4)40-25(21)11-20/h6-8,11-14,16-19H,1,9-10,15H2,2-5H3/t18-,19+/m1/s1. The number of carbonyl (C=O) groups is 1. The topological polar surface area (TPSA) is 87.3 Å². The van der Waals surface area contributed by atoms with Crippen molar-refractivity contribution in [3.8, 4) is 39.5 Å². The predicted octanol–water partition coefficient (Wildman–Crippen LogP) is 7.30. The number of pyridine rings is 1. The molecule has 7 rings (SSSR count). The van der Waals surface area contributed by atoms with Gasteiger partial charge in [-0.05, 0) is 32.1 Å². The van der Waals surface area contributed by atoms with Crippen molar-refractivity contribution < 1.29 is 27.4 Å². The fraction of sp³-hybridized carbons (Fsp3) is 0.257. The number of hydrogen-bond donors (Lipinski definition) is 0. The fourth-order valence-corrected chi connectivity index (χ4v) is 7.47. The number of ether oxygens (including phenoxy) is 2. The molecule has 0 N–H and O–H groups in total. The van der Waals surface area contributed by atoms with Gasteiger partial charge in [0.15, 0.2) is 0 Å². The first-order chi connectivity index (χ1) is 23.1. The van der Waals surface area contributed by atoms with E-state index in [1.807, 2.05) is 45.3 Å². The maximum absolute atomic E-state index is 16.1. The van der Waals surface area contributed by atoms with Gasteiger partial charge in [0.05, 0.1) is 46.4 Å². The minimum atomic E-state index is -0.950. The Hall–Kier alpha value is -5.01. The van der Waals surface area contributed by atoms with Crippen molar-refractivity contribution in [2.45, 2.75) is 32.5 Å². The Morgan fingerprint density at radius 2 is 1.88 bits per heavy atom. The van der Waals surface area contributed by atoms with E-state index in [1.54, 1.807) is 20.3 Å². The molecule has 1 aliphatic rings. The molecule has 13 heteroatoms. The van der Waals surface area contributed by atoms with Gasteiger partial charge in [-0.25, -0.2) is 18.2 Å². The first-order valence-corrected chi connectivity index (χ1v) is 16.2. The fourth-order valence-electron chi connectivity index (χ4n) is 6.54. The number of rotatable bonds is 8. The molecule has 0 saturated carbocycles. The van der Waals surface area contributed by atoms with Crippen LogP contribution < -0.4 is 4.74 Å². The molecule has 0 bridgehead atoms. The number of thiophene rings is 1. The second-order valence-electron chi connectivity index (χ2n) is 11.8. The monoisotopic (exact) mass is 672 g/mol. The molecule has 1 amide bonds. The van der Waals surface area contributed by atoms with Gasteiger partial charge in [-0.1, -0.05) is 18.7 Å². The third kappa shape index (κ3) is 5.23. The molecule has 0 saturated heterocycles. The summed E-state index contributed by atoms with van der Waals surface area (Å²) in [4.78, 5) is 19.6. The van der Waals surface area contributed by atoms with Crippen molar-refractivity contribution in [2.75, 3.05) is 20.3 Å². The Morgan fingerprint density at radius 1 is 1.06 bits per heavy atom. The first kappa shape index (κ1) is 31.6. The average Bonchev–Trinajstić information content (AvgIpc) is 3.76. The third-order valence-corrected chi connectivity index (χ3v) is 9.58. The summed E-state index contributed by atoms with van der Waals surface area (Å²) in [6, 6.07) is 8.66. The molecule has 246 valence electrons. The van der Waals surface area contributed by atoms with Crippen molar-refractivity contribution in [3.05, 3.63) is 83.8 Å². The maximum Gasteiger partial charge on any atom is 0.246 e. The first-order valence-electron chi connectivity index (χ1n) is 15.3. The molecule has 9 nitrogen and oxygen atoms in total. The van der Waals surface area contributed by atoms with E-state index < -0.39 is 17.5 Å². The Balaban J connectivity index is 1.54. The molecule has 0 radical (unpaired) electrons. The largest absolute Gasteiger partial charge is 0.490 e. The molecule has 2 atom stereocenters. The van der Waals surface area contributed by atoms with Crippen LogP contribution in [0.4, 0.5) is 13.2 Å². The normalized spacial score (nSPS) is 16.1. The van der Waals surface area contributed by atoms with Crippen LogP contribution in [-0.4, -0.2) is 61.7 Å². The number of aryl methyl sites for hydroxylation is 1. The molecule has 0 fully saturated rings. The number of aromatic nitrogens is 5. The van der Waals surface area contributed by atoms with E-state index >= 15 is 8.78 Å². The zero-order chi connectivity index (χ0) is 33.9. The minimum Gasteiger partial charge on any atom is -0.490 e. The molecule has 0 spiro atoms. The van der Waals surface area contributed by atoms with Crippen LogP contribution in [0.25, 0.3) is 54.8 Å². The lowest BCUT2D eigenvalue weighted by Crippen LogP contribution is -2.46. The van der Waals surface area contributed by atoms with E-state index in [1.165, 1.54) is 18.6 Å². The summed E-state index contributed by atoms with van der Waals surface area (Å²) >= 11 is 1.13. The van der Waals surface area contributed by atoms with Crippen LogP contribution in [0.15, 0.2) is 60.6 Å². The lowest BCUT2D eigenvalue weighted by Gasteiger charge is -2.38. The highest BCUT2D eigenvalue weighted by atomic mass is 32.1. The predicted molar refractivity (Wildman–Crippen MR) is 178 cm³/mol. The number of halogens is 3. The van der Waals surface area contributed by atoms with E-state index in [-0.39, 0.29) is 59.2 Å². The van der Waals surface area contributed by atoms with Crippen LogP contribution in [-0.2, 0) is 23.1 Å². The van der Waals surface area contributed by atoms with E-state index in [4.69, 9.17) is 19.6 Å². The summed E-state index contributed by atoms with van der Waals surface area (Å²) in [6.45, 7) is 7.99. The molecule has 0 aliphatic carbocycles. The summed E-state index contributed by atoms with van der Waals surface area (Å²) in [5, 5.41) is 11.8. The number of amides is 1. The Kier molecular flexibility index (Phi) is 8.04. The highest BCUT2D eigenvalue weighted by molar-refractivity contribution is 7.17. The Bertz CT molecular complexity index is 2240. The molecular weight excluding hydrogens is 641 g/mol. The number of hydrogen-bond acceptors (Lipinski definition) is 7. The number of nitrogens with zero attached hydrogens (tertiary/aromatic N) is 6. The van der Waals surface area contributed by atoms with E-state index in [0.717, 1.165) is 34.4 Å². The van der Waals surface area contributed by atoms with Gasteiger partial charge in [-0.3, -0.25) is 14.2 Å². The van der Waals surface area contributed by atoms with Crippen molar-refractivity contribution in [1.29, 1.82) is 0 Å². The van der Waals surface area contributed by atoms with Gasteiger partial charge >= 0.3 is 0 Å². The number of methoxy groups -OCH3 is 1. The van der Waals surface area contributed by atoms with Gasteiger partial charge in [0.25, 0.3) is 0 Å². The zero-order valence-electron chi connectivity index (χ0n) is 26.6. The van der Waals surface area contributed by atoms with Gasteiger partial charge < -0.3 is 14.4 Å². The van der Waals surface area contributed by atoms with Gasteiger partial charge in [-0.15, -0.1) is 11.3 Å². The lowest BCUT2D eigenvalue weighted by atomic mass is 9.94. The Labute approximate surface area is 277 Å². The summed E-state index contributed by atoms with van der Waals surface area (Å²) in [6.07, 6.45) is 3.17. The van der Waals surface area contributed by atoms with Crippen molar-refractivity contribution in [2.24, 2.45) is 7.05 Å². The quantitative estimate of drug-likeness (QED) is 0.125. The number of benzene rings is 2. The van der Waals surface area contributed by atoms with Crippen molar-refractivity contribution in [1.82, 2.24) is 29.4 Å². The molecule has 5 heterocycles. The van der Waals surface area contributed by atoms with Crippen LogP contribution in [0.5, 0.6) is 5.75 Å². The summed E-state index contributed by atoms with van der Waals surface area (Å²) < 4.78 is 61.8. The van der Waals surface area contributed by atoms with Gasteiger partial charge in [0.1, 0.15) is 41.2 Å². The lowest BCUT2D eigenvalue weighted by molar-refractivity contribution is -0.131. The van der Waals surface area contributed by atoms with Crippen LogP contribution in [0.3, 0.4) is 0 Å². The van der Waals surface area contributed by atoms with Gasteiger partial charge in [0, 0.05) is 65.8 Å². The number of fused-ring (bicyclic) bond motifs is 3. The highest BCUT2D eigenvalue weighted by Gasteiger charge is 2.35. The molecule has 2 aromatic carbocycles. The number of carbonyl (C=O) groups excluding carboxylic acids is 1. The molecule has 4 aromatic heterocycles. The van der Waals surface area contributed by atoms with Crippen molar-refractivity contribution in [3.63, 3.8) is 0 Å². The molecule has 48 heavy (non-hydrogen) atoms. The summed E-state index contributed by atoms with van der Waals surface area (Å²) in [7, 11) is 3.31. The van der Waals surface area contributed by atoms with E-state index in [9.17, 15) is 9.18 Å². The summed E-state index contributed by atoms with van der Waals surface area (Å²) in [5.74, 6) is -2.76. The minimum absolute atomic E-state index is 0.00602. The van der Waals surface area contributed by atoms with Crippen LogP contribution >= 0.6 is 11.3 Å². The van der Waals surface area contributed by atoms with E-state index in [2.05, 4.69) is 11.7 Å². The molecule has 0 unspecified atom stereocenters. The Morgan fingerprint density at radius 3 is 2.65 bits per heavy atom. The van der Waals surface area contributed by atoms with E-state index in [0.29, 0.717) is 33.9 Å². The van der Waals surface area contributed by atoms with Gasteiger partial charge in [0.2, 0.25) is 5.91 Å². The molecule has 1 aliphatic heterocycles. The van der Waals surface area contributed by atoms with Crippen molar-refractivity contribution >= 4 is 38.2 Å². The van der Waals surface area contributed by atoms with Crippen LogP contribution in [0.1, 0.15) is 25.6 Å². The molecular formula is C35H31F3N6O3S. The second-order valence-corrected chi connectivity index (χ2v) is 12.6. The highest BCUT2D eigenvalue weighted by Crippen LogP contribution is 2.48. The maximum atomic E-state index is 16.1. The summed E-state index contributed by atoms with van der Waals surface area (Å²) in [5.41, 5.74) is 2.97. The SMILES string of the molecule is C=CC(=O)N1[C@H](C)Cn2nc(-c3nc(-c4ccc5cn(C)nc5c4)c4scc(F)c4c3-c3c(F)cc(F)cc3OCCOC)cc2[C@@H]1C. The second kappa shape index (κ2) is 12.2. The third-order valence-electron chi connectivity index (χ3n) is 8.62. The van der Waals surface area contributed by atoms with Crippen LogP contribution in [0, 0.1) is 17.5 Å². The average molecular weight is 673 g/mol. The zero-order valence-corrected chi connectivity index (χ0v) is 27.4. The van der Waals surface area contributed by atoms with Crippen LogP contribution in [0.2, 0.25) is 0 Å². The van der Waals surface area contributed by atoms with Gasteiger partial charge in [-0.2, -0.15) is 10.2 Å². The smallest absolute Gasteiger partial charge is 0.246 e. The molecule has 6 aromatic rings.